The summed E-state index contributed by atoms with van der Waals surface area (Å²) in [6.07, 6.45) is 1.44. The fourth-order valence-corrected chi connectivity index (χ4v) is 3.15. The number of nitrogens with zero attached hydrogens (tertiary/aromatic N) is 5. The van der Waals surface area contributed by atoms with Gasteiger partial charge in [0, 0.05) is 23.7 Å². The van der Waals surface area contributed by atoms with E-state index in [4.69, 9.17) is 4.74 Å². The smallest absolute Gasteiger partial charge is 0.340 e. The van der Waals surface area contributed by atoms with Gasteiger partial charge in [-0.25, -0.2) is 19.4 Å². The van der Waals surface area contributed by atoms with E-state index in [2.05, 4.69) is 15.1 Å². The second-order valence-electron chi connectivity index (χ2n) is 6.77. The van der Waals surface area contributed by atoms with Crippen molar-refractivity contribution in [3.8, 4) is 5.82 Å². The van der Waals surface area contributed by atoms with Crippen LogP contribution < -0.4 is 5.56 Å². The number of carbonyl (C=O) groups excluding carboxylic acids is 1. The molecule has 0 aliphatic carbocycles. The van der Waals surface area contributed by atoms with E-state index >= 15 is 0 Å². The Hall–Kier alpha value is -3.81. The molecule has 0 spiro atoms. The van der Waals surface area contributed by atoms with E-state index in [0.29, 0.717) is 22.7 Å². The van der Waals surface area contributed by atoms with Gasteiger partial charge in [-0.1, -0.05) is 6.07 Å². The van der Waals surface area contributed by atoms with Crippen molar-refractivity contribution in [1.29, 1.82) is 0 Å². The predicted octanol–water partition coefficient (Wildman–Crippen LogP) is 2.56. The number of ether oxygens (including phenoxy) is 1. The second-order valence-corrected chi connectivity index (χ2v) is 6.77. The van der Waals surface area contributed by atoms with Crippen molar-refractivity contribution in [1.82, 2.24) is 24.1 Å². The van der Waals surface area contributed by atoms with Gasteiger partial charge in [-0.15, -0.1) is 0 Å². The lowest BCUT2D eigenvalue weighted by atomic mass is 10.3. The summed E-state index contributed by atoms with van der Waals surface area (Å²) in [4.78, 5) is 33.3. The number of aromatic nitrogens is 5. The van der Waals surface area contributed by atoms with Crippen LogP contribution in [0, 0.1) is 20.8 Å². The Bertz CT molecular complexity index is 1270. The molecule has 4 aromatic heterocycles. The van der Waals surface area contributed by atoms with Crippen molar-refractivity contribution in [3.05, 3.63) is 87.4 Å². The summed E-state index contributed by atoms with van der Waals surface area (Å²) in [5.74, 6) is 0.0791. The van der Waals surface area contributed by atoms with E-state index in [1.54, 1.807) is 22.9 Å². The highest BCUT2D eigenvalue weighted by Crippen LogP contribution is 2.11. The van der Waals surface area contributed by atoms with Gasteiger partial charge in [-0.2, -0.15) is 5.10 Å². The summed E-state index contributed by atoms with van der Waals surface area (Å²) in [6, 6.07) is 12.1. The average molecular weight is 389 g/mol. The number of hydrogen-bond donors (Lipinski definition) is 0. The van der Waals surface area contributed by atoms with E-state index < -0.39 is 5.97 Å². The Morgan fingerprint density at radius 2 is 1.90 bits per heavy atom. The molecule has 0 saturated carbocycles. The summed E-state index contributed by atoms with van der Waals surface area (Å²) >= 11 is 0. The molecular formula is C21H19N5O3. The second kappa shape index (κ2) is 7.31. The lowest BCUT2D eigenvalue weighted by molar-refractivity contribution is 0.0467. The number of esters is 1. The van der Waals surface area contributed by atoms with Crippen molar-refractivity contribution in [2.75, 3.05) is 0 Å². The van der Waals surface area contributed by atoms with Crippen LogP contribution in [-0.4, -0.2) is 30.1 Å². The fraction of sp³-hybridized carbons (Fsp3) is 0.190. The quantitative estimate of drug-likeness (QED) is 0.498. The van der Waals surface area contributed by atoms with Gasteiger partial charge in [0.05, 0.1) is 17.0 Å². The Kier molecular flexibility index (Phi) is 4.67. The SMILES string of the molecule is Cc1cc(C)n(-c2ccc(C(=O)OCc3cc(=O)n4c(C)cccc4n3)cn2)n1. The van der Waals surface area contributed by atoms with Crippen molar-refractivity contribution >= 4 is 11.6 Å². The Balaban J connectivity index is 1.49. The van der Waals surface area contributed by atoms with E-state index in [0.717, 1.165) is 17.1 Å². The first kappa shape index (κ1) is 18.5. The number of aryl methyl sites for hydroxylation is 3. The maximum Gasteiger partial charge on any atom is 0.340 e. The minimum absolute atomic E-state index is 0.0995. The van der Waals surface area contributed by atoms with Crippen molar-refractivity contribution < 1.29 is 9.53 Å². The van der Waals surface area contributed by atoms with Crippen LogP contribution in [0.1, 0.15) is 33.1 Å². The number of fused-ring (bicyclic) bond motifs is 1. The predicted molar refractivity (Wildman–Crippen MR) is 106 cm³/mol. The van der Waals surface area contributed by atoms with Crippen LogP contribution in [0.25, 0.3) is 11.5 Å². The third kappa shape index (κ3) is 3.64. The van der Waals surface area contributed by atoms with Crippen LogP contribution in [0.4, 0.5) is 0 Å². The summed E-state index contributed by atoms with van der Waals surface area (Å²) in [6.45, 7) is 5.57. The first-order valence-electron chi connectivity index (χ1n) is 9.07. The van der Waals surface area contributed by atoms with Crippen LogP contribution >= 0.6 is 0 Å². The highest BCUT2D eigenvalue weighted by molar-refractivity contribution is 5.89. The summed E-state index contributed by atoms with van der Waals surface area (Å²) in [7, 11) is 0. The van der Waals surface area contributed by atoms with Crippen LogP contribution in [-0.2, 0) is 11.3 Å². The molecule has 29 heavy (non-hydrogen) atoms. The van der Waals surface area contributed by atoms with Crippen molar-refractivity contribution in [3.63, 3.8) is 0 Å². The number of hydrogen-bond acceptors (Lipinski definition) is 6. The van der Waals surface area contributed by atoms with Gasteiger partial charge >= 0.3 is 5.97 Å². The molecule has 0 fully saturated rings. The Morgan fingerprint density at radius 3 is 2.59 bits per heavy atom. The zero-order valence-electron chi connectivity index (χ0n) is 16.3. The number of pyridine rings is 2. The number of rotatable bonds is 4. The van der Waals surface area contributed by atoms with E-state index in [1.165, 1.54) is 16.7 Å². The largest absolute Gasteiger partial charge is 0.456 e. The van der Waals surface area contributed by atoms with Gasteiger partial charge in [-0.05, 0) is 51.1 Å². The maximum atomic E-state index is 12.3. The standard InChI is InChI=1S/C21H19N5O3/c1-13-9-15(3)26(24-13)18-8-7-16(11-22-18)21(28)29-12-17-10-20(27)25-14(2)5-4-6-19(25)23-17/h4-11H,12H2,1-3H3. The third-order valence-corrected chi connectivity index (χ3v) is 4.49. The molecule has 0 atom stereocenters. The summed E-state index contributed by atoms with van der Waals surface area (Å²) in [5, 5.41) is 4.37. The fourth-order valence-electron chi connectivity index (χ4n) is 3.15. The van der Waals surface area contributed by atoms with Gasteiger partial charge in [0.25, 0.3) is 5.56 Å². The first-order valence-corrected chi connectivity index (χ1v) is 9.07. The van der Waals surface area contributed by atoms with Gasteiger partial charge in [0.1, 0.15) is 12.3 Å². The lowest BCUT2D eigenvalue weighted by Crippen LogP contribution is -2.18. The van der Waals surface area contributed by atoms with E-state index in [-0.39, 0.29) is 12.2 Å². The van der Waals surface area contributed by atoms with Crippen molar-refractivity contribution in [2.24, 2.45) is 0 Å². The molecule has 0 saturated heterocycles. The molecule has 0 N–H and O–H groups in total. The normalized spacial score (nSPS) is 11.0. The van der Waals surface area contributed by atoms with Crippen LogP contribution in [0.5, 0.6) is 0 Å². The molecule has 8 nitrogen and oxygen atoms in total. The highest BCUT2D eigenvalue weighted by atomic mass is 16.5. The van der Waals surface area contributed by atoms with Crippen LogP contribution in [0.15, 0.2) is 53.5 Å². The van der Waals surface area contributed by atoms with Crippen LogP contribution in [0.3, 0.4) is 0 Å². The van der Waals surface area contributed by atoms with Gasteiger partial charge in [-0.3, -0.25) is 9.20 Å². The summed E-state index contributed by atoms with van der Waals surface area (Å²) in [5.41, 5.74) is 3.63. The molecule has 0 unspecified atom stereocenters. The van der Waals surface area contributed by atoms with Gasteiger partial charge in [0.2, 0.25) is 0 Å². The topological polar surface area (TPSA) is 91.4 Å². The minimum atomic E-state index is -0.538. The zero-order valence-corrected chi connectivity index (χ0v) is 16.3. The van der Waals surface area contributed by atoms with Gasteiger partial charge < -0.3 is 4.74 Å². The molecule has 4 heterocycles. The summed E-state index contributed by atoms with van der Waals surface area (Å²) < 4.78 is 8.52. The monoisotopic (exact) mass is 389 g/mol. The van der Waals surface area contributed by atoms with Gasteiger partial charge in [0.15, 0.2) is 5.82 Å². The van der Waals surface area contributed by atoms with E-state index in [9.17, 15) is 9.59 Å². The first-order chi connectivity index (χ1) is 13.9. The highest BCUT2D eigenvalue weighted by Gasteiger charge is 2.12. The number of carbonyl (C=O) groups is 1. The molecular weight excluding hydrogens is 370 g/mol. The zero-order chi connectivity index (χ0) is 20.5. The molecule has 0 amide bonds. The molecule has 0 bridgehead atoms. The maximum absolute atomic E-state index is 12.3. The average Bonchev–Trinajstić information content (AvgIpc) is 3.04. The Labute approximate surface area is 166 Å². The molecule has 4 aromatic rings. The molecule has 0 radical (unpaired) electrons. The molecule has 146 valence electrons. The lowest BCUT2D eigenvalue weighted by Gasteiger charge is -2.08. The molecule has 4 rings (SSSR count). The minimum Gasteiger partial charge on any atom is -0.456 e. The Morgan fingerprint density at radius 1 is 1.07 bits per heavy atom. The van der Waals surface area contributed by atoms with E-state index in [1.807, 2.05) is 39.0 Å². The molecule has 8 heteroatoms. The van der Waals surface area contributed by atoms with Crippen LogP contribution in [0.2, 0.25) is 0 Å². The molecule has 0 aromatic carbocycles. The third-order valence-electron chi connectivity index (χ3n) is 4.49. The van der Waals surface area contributed by atoms with Crippen molar-refractivity contribution in [2.45, 2.75) is 27.4 Å². The molecule has 0 aliphatic heterocycles. The molecule has 0 aliphatic rings.